The summed E-state index contributed by atoms with van der Waals surface area (Å²) in [5, 5.41) is 3.14. The van der Waals surface area contributed by atoms with Crippen LogP contribution in [0.5, 0.6) is 0 Å². The largest absolute Gasteiger partial charge is 0.376 e. The number of aromatic nitrogens is 2. The summed E-state index contributed by atoms with van der Waals surface area (Å²) < 4.78 is 5.89. The van der Waals surface area contributed by atoms with Gasteiger partial charge in [0.1, 0.15) is 10.6 Å². The quantitative estimate of drug-likeness (QED) is 0.938. The van der Waals surface area contributed by atoms with Crippen LogP contribution in [0.3, 0.4) is 0 Å². The van der Waals surface area contributed by atoms with Gasteiger partial charge < -0.3 is 15.4 Å². The number of anilines is 2. The fourth-order valence-electron chi connectivity index (χ4n) is 2.65. The Kier molecular flexibility index (Phi) is 4.03. The molecule has 0 amide bonds. The van der Waals surface area contributed by atoms with E-state index in [0.717, 1.165) is 55.0 Å². The molecule has 0 radical (unpaired) electrons. The van der Waals surface area contributed by atoms with Gasteiger partial charge >= 0.3 is 0 Å². The third-order valence-corrected chi connectivity index (χ3v) is 4.36. The molecule has 2 aromatic heterocycles. The first kappa shape index (κ1) is 13.6. The van der Waals surface area contributed by atoms with Gasteiger partial charge in [0, 0.05) is 19.7 Å². The Labute approximate surface area is 122 Å². The highest BCUT2D eigenvalue weighted by molar-refractivity contribution is 7.16. The molecule has 0 aliphatic carbocycles. The van der Waals surface area contributed by atoms with Crippen molar-refractivity contribution in [2.75, 3.05) is 30.3 Å². The average Bonchev–Trinajstić information content (AvgIpc) is 2.92. The number of nitrogen functional groups attached to an aromatic ring is 1. The first-order valence-corrected chi connectivity index (χ1v) is 8.03. The monoisotopic (exact) mass is 292 g/mol. The first-order chi connectivity index (χ1) is 9.78. The van der Waals surface area contributed by atoms with Crippen LogP contribution in [0.15, 0.2) is 11.4 Å². The lowest BCUT2D eigenvalue weighted by molar-refractivity contribution is 0.0440. The molecule has 1 unspecified atom stereocenters. The van der Waals surface area contributed by atoms with Crippen molar-refractivity contribution < 1.29 is 4.74 Å². The maximum atomic E-state index is 5.89. The van der Waals surface area contributed by atoms with Gasteiger partial charge in [-0.05, 0) is 30.7 Å². The number of ether oxygens (including phenoxy) is 1. The van der Waals surface area contributed by atoms with E-state index in [-0.39, 0.29) is 0 Å². The number of thiophene rings is 1. The van der Waals surface area contributed by atoms with Crippen molar-refractivity contribution in [1.82, 2.24) is 9.97 Å². The first-order valence-electron chi connectivity index (χ1n) is 7.15. The lowest BCUT2D eigenvalue weighted by Gasteiger charge is -2.33. The lowest BCUT2D eigenvalue weighted by Crippen LogP contribution is -2.40. The van der Waals surface area contributed by atoms with Crippen LogP contribution in [-0.4, -0.2) is 35.8 Å². The molecular formula is C14H20N4OS. The SMILES string of the molecule is CCCOC1CCCN(c2nc(N)nc3sccc23)C1. The molecule has 2 aromatic rings. The van der Waals surface area contributed by atoms with E-state index < -0.39 is 0 Å². The summed E-state index contributed by atoms with van der Waals surface area (Å²) in [5.74, 6) is 1.31. The van der Waals surface area contributed by atoms with Gasteiger partial charge in [-0.2, -0.15) is 4.98 Å². The molecule has 0 saturated carbocycles. The fourth-order valence-corrected chi connectivity index (χ4v) is 3.41. The molecule has 1 fully saturated rings. The minimum Gasteiger partial charge on any atom is -0.376 e. The molecule has 0 aromatic carbocycles. The normalized spacial score (nSPS) is 19.6. The number of rotatable bonds is 4. The van der Waals surface area contributed by atoms with Gasteiger partial charge in [0.2, 0.25) is 5.95 Å². The van der Waals surface area contributed by atoms with E-state index in [9.17, 15) is 0 Å². The molecule has 6 heteroatoms. The maximum absolute atomic E-state index is 5.89. The molecule has 1 aliphatic rings. The summed E-state index contributed by atoms with van der Waals surface area (Å²) >= 11 is 1.61. The second-order valence-corrected chi connectivity index (χ2v) is 6.02. The summed E-state index contributed by atoms with van der Waals surface area (Å²) in [7, 11) is 0. The van der Waals surface area contributed by atoms with Gasteiger partial charge in [-0.1, -0.05) is 6.92 Å². The van der Waals surface area contributed by atoms with Gasteiger partial charge in [0.15, 0.2) is 0 Å². The summed E-state index contributed by atoms with van der Waals surface area (Å²) in [6, 6.07) is 2.07. The van der Waals surface area contributed by atoms with E-state index in [1.165, 1.54) is 0 Å². The fraction of sp³-hybridized carbons (Fsp3) is 0.571. The van der Waals surface area contributed by atoms with Crippen molar-refractivity contribution in [1.29, 1.82) is 0 Å². The van der Waals surface area contributed by atoms with Crippen LogP contribution in [0.4, 0.5) is 11.8 Å². The van der Waals surface area contributed by atoms with Gasteiger partial charge in [0.05, 0.1) is 11.5 Å². The molecule has 20 heavy (non-hydrogen) atoms. The summed E-state index contributed by atoms with van der Waals surface area (Å²) in [5.41, 5.74) is 5.83. The second-order valence-electron chi connectivity index (χ2n) is 5.13. The number of hydrogen-bond donors (Lipinski definition) is 1. The predicted molar refractivity (Wildman–Crippen MR) is 83.3 cm³/mol. The maximum Gasteiger partial charge on any atom is 0.223 e. The summed E-state index contributed by atoms with van der Waals surface area (Å²) in [6.07, 6.45) is 3.62. The third-order valence-electron chi connectivity index (χ3n) is 3.56. The summed E-state index contributed by atoms with van der Waals surface area (Å²) in [4.78, 5) is 12.0. The molecule has 2 N–H and O–H groups in total. The Morgan fingerprint density at radius 1 is 1.50 bits per heavy atom. The van der Waals surface area contributed by atoms with Crippen molar-refractivity contribution in [3.8, 4) is 0 Å². The minimum absolute atomic E-state index is 0.300. The topological polar surface area (TPSA) is 64.3 Å². The standard InChI is InChI=1S/C14H20N4OS/c1-2-7-19-10-4-3-6-18(9-10)12-11-5-8-20-13(11)17-14(15)16-12/h5,8,10H,2-4,6-7,9H2,1H3,(H2,15,16,17). The highest BCUT2D eigenvalue weighted by Crippen LogP contribution is 2.30. The Morgan fingerprint density at radius 3 is 3.25 bits per heavy atom. The Bertz CT molecular complexity index is 586. The van der Waals surface area contributed by atoms with Gasteiger partial charge in [-0.15, -0.1) is 11.3 Å². The van der Waals surface area contributed by atoms with E-state index in [4.69, 9.17) is 10.5 Å². The van der Waals surface area contributed by atoms with Gasteiger partial charge in [-0.3, -0.25) is 0 Å². The van der Waals surface area contributed by atoms with Crippen LogP contribution in [0.1, 0.15) is 26.2 Å². The van der Waals surface area contributed by atoms with Gasteiger partial charge in [-0.25, -0.2) is 4.98 Å². The van der Waals surface area contributed by atoms with Crippen LogP contribution in [0, 0.1) is 0 Å². The highest BCUT2D eigenvalue weighted by Gasteiger charge is 2.23. The second kappa shape index (κ2) is 5.93. The predicted octanol–water partition coefficient (Wildman–Crippen LogP) is 2.67. The lowest BCUT2D eigenvalue weighted by atomic mass is 10.1. The van der Waals surface area contributed by atoms with Crippen molar-refractivity contribution in [3.05, 3.63) is 11.4 Å². The van der Waals surface area contributed by atoms with E-state index in [1.807, 2.05) is 5.38 Å². The van der Waals surface area contributed by atoms with Crippen LogP contribution < -0.4 is 10.6 Å². The zero-order chi connectivity index (χ0) is 13.9. The van der Waals surface area contributed by atoms with Crippen LogP contribution in [-0.2, 0) is 4.74 Å². The van der Waals surface area contributed by atoms with Crippen LogP contribution in [0.25, 0.3) is 10.2 Å². The van der Waals surface area contributed by atoms with Crippen LogP contribution in [0.2, 0.25) is 0 Å². The van der Waals surface area contributed by atoms with E-state index in [2.05, 4.69) is 27.9 Å². The minimum atomic E-state index is 0.300. The van der Waals surface area contributed by atoms with Crippen LogP contribution >= 0.6 is 11.3 Å². The number of piperidine rings is 1. The van der Waals surface area contributed by atoms with Crippen molar-refractivity contribution in [2.24, 2.45) is 0 Å². The highest BCUT2D eigenvalue weighted by atomic mass is 32.1. The van der Waals surface area contributed by atoms with E-state index in [0.29, 0.717) is 12.1 Å². The zero-order valence-electron chi connectivity index (χ0n) is 11.7. The number of nitrogens with two attached hydrogens (primary N) is 1. The molecule has 0 spiro atoms. The number of hydrogen-bond acceptors (Lipinski definition) is 6. The summed E-state index contributed by atoms with van der Waals surface area (Å²) in [6.45, 7) is 4.87. The van der Waals surface area contributed by atoms with Crippen molar-refractivity contribution in [2.45, 2.75) is 32.3 Å². The van der Waals surface area contributed by atoms with E-state index in [1.54, 1.807) is 11.3 Å². The molecule has 3 heterocycles. The van der Waals surface area contributed by atoms with Gasteiger partial charge in [0.25, 0.3) is 0 Å². The average molecular weight is 292 g/mol. The number of nitrogens with zero attached hydrogens (tertiary/aromatic N) is 3. The zero-order valence-corrected chi connectivity index (χ0v) is 12.5. The third kappa shape index (κ3) is 2.71. The smallest absolute Gasteiger partial charge is 0.223 e. The Hall–Kier alpha value is -1.40. The Balaban J connectivity index is 1.84. The number of fused-ring (bicyclic) bond motifs is 1. The molecule has 1 saturated heterocycles. The molecule has 1 aliphatic heterocycles. The van der Waals surface area contributed by atoms with Crippen molar-refractivity contribution in [3.63, 3.8) is 0 Å². The van der Waals surface area contributed by atoms with E-state index >= 15 is 0 Å². The van der Waals surface area contributed by atoms with Crippen molar-refractivity contribution >= 4 is 33.3 Å². The Morgan fingerprint density at radius 2 is 2.40 bits per heavy atom. The molecule has 0 bridgehead atoms. The molecule has 5 nitrogen and oxygen atoms in total. The molecule has 108 valence electrons. The molecule has 3 rings (SSSR count). The molecular weight excluding hydrogens is 272 g/mol. The molecule has 1 atom stereocenters.